The Bertz CT molecular complexity index is 1020. The first-order chi connectivity index (χ1) is 12.4. The van der Waals surface area contributed by atoms with E-state index in [-0.39, 0.29) is 28.5 Å². The molecule has 2 aromatic rings. The van der Waals surface area contributed by atoms with Gasteiger partial charge in [-0.2, -0.15) is 9.99 Å². The number of pyridine rings is 1. The number of allylic oxidation sites excluding steroid dienone is 1. The Morgan fingerprint density at radius 2 is 1.96 bits per heavy atom. The molecular formula is C18H17N3O5. The van der Waals surface area contributed by atoms with Crippen LogP contribution in [0.4, 0.5) is 0 Å². The van der Waals surface area contributed by atoms with Crippen LogP contribution in [0, 0.1) is 18.3 Å². The largest absolute Gasteiger partial charge is 0.493 e. The second kappa shape index (κ2) is 6.37. The predicted octanol–water partition coefficient (Wildman–Crippen LogP) is 1.63. The molecule has 0 radical (unpaired) electrons. The molecule has 8 nitrogen and oxygen atoms in total. The van der Waals surface area contributed by atoms with Crippen LogP contribution in [-0.2, 0) is 0 Å². The van der Waals surface area contributed by atoms with Crippen LogP contribution in [0.2, 0.25) is 0 Å². The second-order valence-electron chi connectivity index (χ2n) is 5.72. The van der Waals surface area contributed by atoms with Crippen LogP contribution < -0.4 is 25.5 Å². The zero-order valence-corrected chi connectivity index (χ0v) is 14.4. The van der Waals surface area contributed by atoms with Crippen molar-refractivity contribution in [3.63, 3.8) is 0 Å². The molecule has 0 bridgehead atoms. The topological polar surface area (TPSA) is 120 Å². The number of nitriles is 1. The van der Waals surface area contributed by atoms with Crippen molar-refractivity contribution in [3.8, 4) is 23.3 Å². The minimum atomic E-state index is -0.810. The normalized spacial score (nSPS) is 15.7. The third-order valence-electron chi connectivity index (χ3n) is 4.29. The van der Waals surface area contributed by atoms with Crippen molar-refractivity contribution in [2.24, 2.45) is 5.73 Å². The van der Waals surface area contributed by atoms with Crippen molar-refractivity contribution in [1.82, 2.24) is 4.73 Å². The Hall–Kier alpha value is -3.60. The van der Waals surface area contributed by atoms with Gasteiger partial charge in [-0.15, -0.1) is 0 Å². The molecule has 1 unspecified atom stereocenters. The van der Waals surface area contributed by atoms with Crippen LogP contribution in [0.5, 0.6) is 17.2 Å². The van der Waals surface area contributed by atoms with E-state index in [1.54, 1.807) is 25.1 Å². The molecule has 0 saturated carbocycles. The van der Waals surface area contributed by atoms with E-state index in [0.29, 0.717) is 21.8 Å². The van der Waals surface area contributed by atoms with Crippen LogP contribution in [0.15, 0.2) is 40.5 Å². The van der Waals surface area contributed by atoms with Gasteiger partial charge < -0.3 is 25.2 Å². The maximum atomic E-state index is 12.7. The number of aromatic nitrogens is 1. The maximum Gasteiger partial charge on any atom is 0.291 e. The first kappa shape index (κ1) is 17.2. The molecule has 3 rings (SSSR count). The molecule has 1 atom stereocenters. The molecule has 26 heavy (non-hydrogen) atoms. The van der Waals surface area contributed by atoms with Crippen molar-refractivity contribution in [2.45, 2.75) is 12.8 Å². The van der Waals surface area contributed by atoms with Crippen molar-refractivity contribution < 1.29 is 19.4 Å². The SMILES string of the molecule is COc1ccc(C2C(C#N)=C(N)Oc3cc(C)n(O)c(=O)c32)cc1OC. The summed E-state index contributed by atoms with van der Waals surface area (Å²) in [5, 5.41) is 19.6. The fourth-order valence-corrected chi connectivity index (χ4v) is 3.00. The Morgan fingerprint density at radius 3 is 2.58 bits per heavy atom. The Labute approximate surface area is 149 Å². The van der Waals surface area contributed by atoms with E-state index < -0.39 is 11.5 Å². The summed E-state index contributed by atoms with van der Waals surface area (Å²) in [5.74, 6) is 0.242. The second-order valence-corrected chi connectivity index (χ2v) is 5.72. The highest BCUT2D eigenvalue weighted by Crippen LogP contribution is 2.42. The number of nitrogens with zero attached hydrogens (tertiary/aromatic N) is 2. The standard InChI is InChI=1S/C18H17N3O5/c1-9-6-14-16(18(22)21(9)23)15(11(8-19)17(20)26-14)10-4-5-12(24-2)13(7-10)25-3/h4-7,15,23H,20H2,1-3H3. The van der Waals surface area contributed by atoms with Crippen LogP contribution in [0.1, 0.15) is 22.7 Å². The summed E-state index contributed by atoms with van der Waals surface area (Å²) < 4.78 is 16.5. The van der Waals surface area contributed by atoms with Gasteiger partial charge in [0.1, 0.15) is 17.4 Å². The number of aryl methyl sites for hydroxylation is 1. The molecule has 0 amide bonds. The Morgan fingerprint density at radius 1 is 1.27 bits per heavy atom. The van der Waals surface area contributed by atoms with Crippen molar-refractivity contribution in [2.75, 3.05) is 14.2 Å². The molecule has 134 valence electrons. The van der Waals surface area contributed by atoms with Gasteiger partial charge in [-0.05, 0) is 24.6 Å². The zero-order valence-electron chi connectivity index (χ0n) is 14.4. The first-order valence-corrected chi connectivity index (χ1v) is 7.68. The summed E-state index contributed by atoms with van der Waals surface area (Å²) in [6.45, 7) is 1.55. The molecule has 8 heteroatoms. The van der Waals surface area contributed by atoms with E-state index >= 15 is 0 Å². The van der Waals surface area contributed by atoms with Gasteiger partial charge in [-0.25, -0.2) is 0 Å². The van der Waals surface area contributed by atoms with E-state index in [9.17, 15) is 15.3 Å². The third-order valence-corrected chi connectivity index (χ3v) is 4.29. The van der Waals surface area contributed by atoms with Gasteiger partial charge in [0.2, 0.25) is 5.88 Å². The lowest BCUT2D eigenvalue weighted by atomic mass is 9.84. The monoisotopic (exact) mass is 355 g/mol. The quantitative estimate of drug-likeness (QED) is 0.803. The summed E-state index contributed by atoms with van der Waals surface area (Å²) in [4.78, 5) is 12.7. The van der Waals surface area contributed by atoms with Crippen LogP contribution >= 0.6 is 0 Å². The lowest BCUT2D eigenvalue weighted by Gasteiger charge is -2.26. The average Bonchev–Trinajstić information content (AvgIpc) is 2.64. The van der Waals surface area contributed by atoms with Crippen molar-refractivity contribution in [3.05, 3.63) is 62.9 Å². The molecule has 1 aromatic heterocycles. The van der Waals surface area contributed by atoms with E-state index in [1.807, 2.05) is 6.07 Å². The minimum absolute atomic E-state index is 0.0747. The molecule has 0 fully saturated rings. The molecule has 3 N–H and O–H groups in total. The number of methoxy groups -OCH3 is 2. The number of hydrogen-bond acceptors (Lipinski definition) is 7. The van der Waals surface area contributed by atoms with E-state index in [0.717, 1.165) is 0 Å². The highest BCUT2D eigenvalue weighted by molar-refractivity contribution is 5.57. The van der Waals surface area contributed by atoms with Gasteiger partial charge in [-0.3, -0.25) is 4.79 Å². The van der Waals surface area contributed by atoms with E-state index in [2.05, 4.69) is 0 Å². The fraction of sp³-hybridized carbons (Fsp3) is 0.222. The molecule has 1 aliphatic rings. The third kappa shape index (κ3) is 2.50. The van der Waals surface area contributed by atoms with Crippen LogP contribution in [0.25, 0.3) is 0 Å². The average molecular weight is 355 g/mol. The van der Waals surface area contributed by atoms with E-state index in [4.69, 9.17) is 19.9 Å². The number of nitrogens with two attached hydrogens (primary N) is 1. The lowest BCUT2D eigenvalue weighted by molar-refractivity contribution is 0.165. The number of hydrogen-bond donors (Lipinski definition) is 2. The summed E-state index contributed by atoms with van der Waals surface area (Å²) >= 11 is 0. The number of benzene rings is 1. The minimum Gasteiger partial charge on any atom is -0.493 e. The van der Waals surface area contributed by atoms with Gasteiger partial charge >= 0.3 is 0 Å². The summed E-state index contributed by atoms with van der Waals surface area (Å²) in [7, 11) is 2.99. The highest BCUT2D eigenvalue weighted by Gasteiger charge is 2.34. The van der Waals surface area contributed by atoms with Gasteiger partial charge in [0.25, 0.3) is 5.56 Å². The molecule has 0 spiro atoms. The molecule has 2 heterocycles. The van der Waals surface area contributed by atoms with Crippen molar-refractivity contribution >= 4 is 0 Å². The smallest absolute Gasteiger partial charge is 0.291 e. The summed E-state index contributed by atoms with van der Waals surface area (Å²) in [6.07, 6.45) is 0. The predicted molar refractivity (Wildman–Crippen MR) is 91.5 cm³/mol. The van der Waals surface area contributed by atoms with Crippen molar-refractivity contribution in [1.29, 1.82) is 5.26 Å². The molecule has 1 aromatic carbocycles. The zero-order chi connectivity index (χ0) is 19.0. The molecule has 0 saturated heterocycles. The van der Waals surface area contributed by atoms with Gasteiger partial charge in [-0.1, -0.05) is 6.07 Å². The van der Waals surface area contributed by atoms with Crippen LogP contribution in [0.3, 0.4) is 0 Å². The molecular weight excluding hydrogens is 338 g/mol. The van der Waals surface area contributed by atoms with Gasteiger partial charge in [0.15, 0.2) is 11.5 Å². The summed E-state index contributed by atoms with van der Waals surface area (Å²) in [5.41, 5.74) is 6.28. The molecule has 0 aliphatic carbocycles. The number of fused-ring (bicyclic) bond motifs is 1. The van der Waals surface area contributed by atoms with Gasteiger partial charge in [0, 0.05) is 6.07 Å². The van der Waals surface area contributed by atoms with Crippen LogP contribution in [-0.4, -0.2) is 24.2 Å². The lowest BCUT2D eigenvalue weighted by Crippen LogP contribution is -2.31. The molecule has 1 aliphatic heterocycles. The summed E-state index contributed by atoms with van der Waals surface area (Å²) in [6, 6.07) is 8.51. The maximum absolute atomic E-state index is 12.7. The number of rotatable bonds is 3. The Balaban J connectivity index is 2.32. The van der Waals surface area contributed by atoms with Gasteiger partial charge in [0.05, 0.1) is 31.4 Å². The first-order valence-electron chi connectivity index (χ1n) is 7.68. The van der Waals surface area contributed by atoms with E-state index in [1.165, 1.54) is 20.3 Å². The number of ether oxygens (including phenoxy) is 3. The highest BCUT2D eigenvalue weighted by atomic mass is 16.5. The Kier molecular flexibility index (Phi) is 4.22. The fourth-order valence-electron chi connectivity index (χ4n) is 3.00.